The van der Waals surface area contributed by atoms with Gasteiger partial charge in [0.2, 0.25) is 0 Å². The number of benzene rings is 1. The van der Waals surface area contributed by atoms with Gasteiger partial charge in [0.1, 0.15) is 5.41 Å². The number of ether oxygens (including phenoxy) is 1. The first kappa shape index (κ1) is 15.2. The van der Waals surface area contributed by atoms with E-state index in [0.29, 0.717) is 6.42 Å². The van der Waals surface area contributed by atoms with Crippen LogP contribution in [0.25, 0.3) is 0 Å². The molecule has 0 saturated heterocycles. The van der Waals surface area contributed by atoms with E-state index in [9.17, 15) is 4.79 Å². The Bertz CT molecular complexity index is 613. The fourth-order valence-corrected chi connectivity index (χ4v) is 2.55. The minimum atomic E-state index is -0.885. The van der Waals surface area contributed by atoms with Gasteiger partial charge in [0.25, 0.3) is 0 Å². The summed E-state index contributed by atoms with van der Waals surface area (Å²) in [5.41, 5.74) is 8.02. The first-order valence-electron chi connectivity index (χ1n) is 6.87. The van der Waals surface area contributed by atoms with Crippen LogP contribution in [0.2, 0.25) is 0 Å². The normalized spacial score (nSPS) is 13.5. The van der Waals surface area contributed by atoms with E-state index in [1.807, 2.05) is 43.3 Å². The first-order valence-corrected chi connectivity index (χ1v) is 6.87. The van der Waals surface area contributed by atoms with E-state index in [1.54, 1.807) is 12.4 Å². The maximum Gasteiger partial charge on any atom is 0.317 e. The SMILES string of the molecule is COC(=O)C(CN)(Cc1cccnc1)c1cccc(C)c1. The number of hydrogen-bond donors (Lipinski definition) is 1. The minimum Gasteiger partial charge on any atom is -0.468 e. The van der Waals surface area contributed by atoms with Gasteiger partial charge in [0.05, 0.1) is 7.11 Å². The third-order valence-electron chi connectivity index (χ3n) is 3.72. The van der Waals surface area contributed by atoms with Crippen LogP contribution in [0.5, 0.6) is 0 Å². The summed E-state index contributed by atoms with van der Waals surface area (Å²) in [6.07, 6.45) is 3.93. The summed E-state index contributed by atoms with van der Waals surface area (Å²) in [7, 11) is 1.39. The van der Waals surface area contributed by atoms with Crippen molar-refractivity contribution in [1.82, 2.24) is 4.98 Å². The molecule has 1 aromatic heterocycles. The lowest BCUT2D eigenvalue weighted by Gasteiger charge is -2.30. The van der Waals surface area contributed by atoms with E-state index in [0.717, 1.165) is 16.7 Å². The molecule has 0 aliphatic rings. The van der Waals surface area contributed by atoms with E-state index in [2.05, 4.69) is 4.98 Å². The van der Waals surface area contributed by atoms with Crippen molar-refractivity contribution in [3.05, 3.63) is 65.5 Å². The fraction of sp³-hybridized carbons (Fsp3) is 0.294. The molecular formula is C17H20N2O2. The summed E-state index contributed by atoms with van der Waals surface area (Å²) in [4.78, 5) is 16.6. The zero-order chi connectivity index (χ0) is 15.3. The summed E-state index contributed by atoms with van der Waals surface area (Å²) in [6, 6.07) is 11.6. The number of nitrogens with two attached hydrogens (primary N) is 1. The summed E-state index contributed by atoms with van der Waals surface area (Å²) in [6.45, 7) is 2.17. The first-order chi connectivity index (χ1) is 10.1. The van der Waals surface area contributed by atoms with Crippen LogP contribution in [0.1, 0.15) is 16.7 Å². The zero-order valence-electron chi connectivity index (χ0n) is 12.4. The van der Waals surface area contributed by atoms with E-state index in [1.165, 1.54) is 7.11 Å². The Morgan fingerprint density at radius 2 is 2.14 bits per heavy atom. The number of carbonyl (C=O) groups is 1. The average molecular weight is 284 g/mol. The predicted molar refractivity (Wildman–Crippen MR) is 81.9 cm³/mol. The van der Waals surface area contributed by atoms with Gasteiger partial charge < -0.3 is 10.5 Å². The second-order valence-electron chi connectivity index (χ2n) is 5.19. The molecular weight excluding hydrogens is 264 g/mol. The number of aromatic nitrogens is 1. The van der Waals surface area contributed by atoms with Crippen LogP contribution in [0.3, 0.4) is 0 Å². The molecule has 0 spiro atoms. The highest BCUT2D eigenvalue weighted by molar-refractivity contribution is 5.84. The van der Waals surface area contributed by atoms with Gasteiger partial charge >= 0.3 is 5.97 Å². The van der Waals surface area contributed by atoms with Crippen LogP contribution in [0.4, 0.5) is 0 Å². The lowest BCUT2D eigenvalue weighted by atomic mass is 9.75. The highest BCUT2D eigenvalue weighted by Gasteiger charge is 2.40. The van der Waals surface area contributed by atoms with Crippen LogP contribution in [0.15, 0.2) is 48.8 Å². The third kappa shape index (κ3) is 3.11. The Morgan fingerprint density at radius 1 is 1.33 bits per heavy atom. The Labute approximate surface area is 125 Å². The largest absolute Gasteiger partial charge is 0.468 e. The maximum absolute atomic E-state index is 12.5. The van der Waals surface area contributed by atoms with Crippen LogP contribution in [-0.4, -0.2) is 24.6 Å². The van der Waals surface area contributed by atoms with Crippen molar-refractivity contribution < 1.29 is 9.53 Å². The van der Waals surface area contributed by atoms with Crippen molar-refractivity contribution in [1.29, 1.82) is 0 Å². The highest BCUT2D eigenvalue weighted by Crippen LogP contribution is 2.30. The van der Waals surface area contributed by atoms with Gasteiger partial charge in [0.15, 0.2) is 0 Å². The lowest BCUT2D eigenvalue weighted by Crippen LogP contribution is -2.45. The van der Waals surface area contributed by atoms with Crippen LogP contribution < -0.4 is 5.73 Å². The molecule has 0 aliphatic carbocycles. The molecule has 4 nitrogen and oxygen atoms in total. The molecule has 2 rings (SSSR count). The van der Waals surface area contributed by atoms with E-state index < -0.39 is 5.41 Å². The van der Waals surface area contributed by atoms with Crippen molar-refractivity contribution in [3.63, 3.8) is 0 Å². The number of pyridine rings is 1. The van der Waals surface area contributed by atoms with Gasteiger partial charge in [-0.2, -0.15) is 0 Å². The second-order valence-corrected chi connectivity index (χ2v) is 5.19. The molecule has 0 amide bonds. The van der Waals surface area contributed by atoms with Crippen LogP contribution in [-0.2, 0) is 21.4 Å². The Hall–Kier alpha value is -2.20. The molecule has 2 aromatic rings. The summed E-state index contributed by atoms with van der Waals surface area (Å²) in [5, 5.41) is 0. The average Bonchev–Trinajstić information content (AvgIpc) is 2.53. The predicted octanol–water partition coefficient (Wildman–Crippen LogP) is 2.00. The third-order valence-corrected chi connectivity index (χ3v) is 3.72. The quantitative estimate of drug-likeness (QED) is 0.853. The Morgan fingerprint density at radius 3 is 2.71 bits per heavy atom. The number of aryl methyl sites for hydroxylation is 1. The second kappa shape index (κ2) is 6.50. The number of esters is 1. The van der Waals surface area contributed by atoms with Gasteiger partial charge in [-0.25, -0.2) is 0 Å². The molecule has 0 saturated carbocycles. The van der Waals surface area contributed by atoms with Crippen molar-refractivity contribution >= 4 is 5.97 Å². The minimum absolute atomic E-state index is 0.179. The molecule has 4 heteroatoms. The zero-order valence-corrected chi connectivity index (χ0v) is 12.4. The maximum atomic E-state index is 12.5. The standard InChI is InChI=1S/C17H20N2O2/c1-13-5-3-7-15(9-13)17(12-18,16(20)21-2)10-14-6-4-8-19-11-14/h3-9,11H,10,12,18H2,1-2H3. The molecule has 110 valence electrons. The number of methoxy groups -OCH3 is 1. The number of carbonyl (C=O) groups excluding carboxylic acids is 1. The molecule has 0 bridgehead atoms. The smallest absolute Gasteiger partial charge is 0.317 e. The number of nitrogens with zero attached hydrogens (tertiary/aromatic N) is 1. The number of hydrogen-bond acceptors (Lipinski definition) is 4. The van der Waals surface area contributed by atoms with Gasteiger partial charge in [-0.3, -0.25) is 9.78 Å². The van der Waals surface area contributed by atoms with Crippen molar-refractivity contribution in [2.24, 2.45) is 5.73 Å². The molecule has 1 unspecified atom stereocenters. The molecule has 2 N–H and O–H groups in total. The highest BCUT2D eigenvalue weighted by atomic mass is 16.5. The van der Waals surface area contributed by atoms with E-state index in [4.69, 9.17) is 10.5 Å². The fourth-order valence-electron chi connectivity index (χ4n) is 2.55. The van der Waals surface area contributed by atoms with Crippen LogP contribution in [0, 0.1) is 6.92 Å². The van der Waals surface area contributed by atoms with E-state index >= 15 is 0 Å². The van der Waals surface area contributed by atoms with Gasteiger partial charge in [-0.1, -0.05) is 35.9 Å². The van der Waals surface area contributed by atoms with E-state index in [-0.39, 0.29) is 12.5 Å². The monoisotopic (exact) mass is 284 g/mol. The van der Waals surface area contributed by atoms with Crippen LogP contribution >= 0.6 is 0 Å². The lowest BCUT2D eigenvalue weighted by molar-refractivity contribution is -0.147. The summed E-state index contributed by atoms with van der Waals surface area (Å²) >= 11 is 0. The molecule has 0 radical (unpaired) electrons. The molecule has 1 atom stereocenters. The van der Waals surface area contributed by atoms with Crippen molar-refractivity contribution in [2.45, 2.75) is 18.8 Å². The molecule has 1 aromatic carbocycles. The molecule has 1 heterocycles. The molecule has 0 aliphatic heterocycles. The molecule has 0 fully saturated rings. The number of rotatable bonds is 5. The topological polar surface area (TPSA) is 65.2 Å². The molecule has 21 heavy (non-hydrogen) atoms. The van der Waals surface area contributed by atoms with Gasteiger partial charge in [-0.05, 0) is 30.5 Å². The van der Waals surface area contributed by atoms with Crippen molar-refractivity contribution in [2.75, 3.05) is 13.7 Å². The van der Waals surface area contributed by atoms with Gasteiger partial charge in [-0.15, -0.1) is 0 Å². The summed E-state index contributed by atoms with van der Waals surface area (Å²) < 4.78 is 5.03. The Kier molecular flexibility index (Phi) is 4.70. The Balaban J connectivity index is 2.50. The van der Waals surface area contributed by atoms with Gasteiger partial charge in [0, 0.05) is 18.9 Å². The van der Waals surface area contributed by atoms with Crippen molar-refractivity contribution in [3.8, 4) is 0 Å². The summed E-state index contributed by atoms with van der Waals surface area (Å²) in [5.74, 6) is -0.320.